The first-order valence-corrected chi connectivity index (χ1v) is 13.1. The third-order valence-electron chi connectivity index (χ3n) is 6.40. The van der Waals surface area contributed by atoms with Crippen LogP contribution >= 0.6 is 0 Å². The summed E-state index contributed by atoms with van der Waals surface area (Å²) < 4.78 is 11.0. The topological polar surface area (TPSA) is 121 Å². The molecule has 0 aromatic heterocycles. The molecule has 2 N–H and O–H groups in total. The first kappa shape index (κ1) is 30.9. The highest BCUT2D eigenvalue weighted by Crippen LogP contribution is 2.28. The number of rotatable bonds is 3. The molecule has 212 valence electrons. The van der Waals surface area contributed by atoms with E-state index in [2.05, 4.69) is 15.5 Å². The quantitative estimate of drug-likeness (QED) is 0.586. The van der Waals surface area contributed by atoms with E-state index in [1.54, 1.807) is 50.0 Å². The number of hydrogen-bond acceptors (Lipinski definition) is 7. The van der Waals surface area contributed by atoms with Crippen LogP contribution in [0.4, 0.5) is 0 Å². The van der Waals surface area contributed by atoms with Crippen molar-refractivity contribution in [2.75, 3.05) is 67.6 Å². The summed E-state index contributed by atoms with van der Waals surface area (Å²) in [5.41, 5.74) is 0.872. The molecule has 1 atom stereocenters. The second-order valence-corrected chi connectivity index (χ2v) is 9.80. The van der Waals surface area contributed by atoms with Gasteiger partial charge in [0.2, 0.25) is 17.7 Å². The number of nitrogens with one attached hydrogen (secondary N) is 2. The van der Waals surface area contributed by atoms with Gasteiger partial charge in [0.05, 0.1) is 13.7 Å². The summed E-state index contributed by atoms with van der Waals surface area (Å²) in [4.78, 5) is 55.2. The van der Waals surface area contributed by atoms with Crippen molar-refractivity contribution in [2.24, 2.45) is 0 Å². The van der Waals surface area contributed by atoms with Gasteiger partial charge in [0.1, 0.15) is 6.04 Å². The summed E-state index contributed by atoms with van der Waals surface area (Å²) in [6.07, 6.45) is 3.09. The SMILES string of the molecule is COc1ccc2cc1OCC(=O)N[C@@H](C)C(=O)N(C)CCCCN(CC(=O)N(C)C)CCCNC(=O)CC2. The van der Waals surface area contributed by atoms with Gasteiger partial charge in [-0.05, 0) is 56.8 Å². The molecule has 0 unspecified atom stereocenters. The molecule has 0 saturated heterocycles. The van der Waals surface area contributed by atoms with Gasteiger partial charge in [-0.25, -0.2) is 0 Å². The lowest BCUT2D eigenvalue weighted by molar-refractivity contribution is -0.135. The van der Waals surface area contributed by atoms with Crippen LogP contribution in [0.15, 0.2) is 18.2 Å². The van der Waals surface area contributed by atoms with Crippen molar-refractivity contribution in [1.82, 2.24) is 25.3 Å². The van der Waals surface area contributed by atoms with Crippen molar-refractivity contribution >= 4 is 23.6 Å². The number of ether oxygens (including phenoxy) is 2. The fraction of sp³-hybridized carbons (Fsp3) is 0.630. The molecule has 1 heterocycles. The summed E-state index contributed by atoms with van der Waals surface area (Å²) in [5.74, 6) is 0.232. The lowest BCUT2D eigenvalue weighted by Crippen LogP contribution is -2.47. The van der Waals surface area contributed by atoms with Gasteiger partial charge >= 0.3 is 0 Å². The molecule has 38 heavy (non-hydrogen) atoms. The fourth-order valence-corrected chi connectivity index (χ4v) is 4.08. The van der Waals surface area contributed by atoms with Crippen LogP contribution < -0.4 is 20.1 Å². The number of carbonyl (C=O) groups excluding carboxylic acids is 4. The van der Waals surface area contributed by atoms with Crippen LogP contribution in [-0.2, 0) is 25.6 Å². The number of nitrogens with zero attached hydrogens (tertiary/aromatic N) is 3. The average molecular weight is 534 g/mol. The van der Waals surface area contributed by atoms with Crippen molar-refractivity contribution < 1.29 is 28.7 Å². The highest BCUT2D eigenvalue weighted by Gasteiger charge is 2.20. The molecule has 4 amide bonds. The molecule has 0 aliphatic carbocycles. The van der Waals surface area contributed by atoms with E-state index in [4.69, 9.17) is 9.47 Å². The molecule has 0 spiro atoms. The van der Waals surface area contributed by atoms with Gasteiger partial charge in [-0.3, -0.25) is 24.1 Å². The van der Waals surface area contributed by atoms with E-state index >= 15 is 0 Å². The van der Waals surface area contributed by atoms with Crippen LogP contribution in [0.1, 0.15) is 38.2 Å². The van der Waals surface area contributed by atoms with E-state index in [1.807, 2.05) is 6.07 Å². The Morgan fingerprint density at radius 3 is 2.50 bits per heavy atom. The summed E-state index contributed by atoms with van der Waals surface area (Å²) in [7, 11) is 6.70. The van der Waals surface area contributed by atoms with E-state index < -0.39 is 11.9 Å². The van der Waals surface area contributed by atoms with Crippen LogP contribution in [0.2, 0.25) is 0 Å². The molecule has 11 heteroatoms. The molecule has 11 nitrogen and oxygen atoms in total. The summed E-state index contributed by atoms with van der Waals surface area (Å²) >= 11 is 0. The highest BCUT2D eigenvalue weighted by atomic mass is 16.5. The van der Waals surface area contributed by atoms with Crippen LogP contribution in [0.25, 0.3) is 0 Å². The first-order valence-electron chi connectivity index (χ1n) is 13.1. The third kappa shape index (κ3) is 10.6. The largest absolute Gasteiger partial charge is 0.493 e. The summed E-state index contributed by atoms with van der Waals surface area (Å²) in [6, 6.07) is 4.65. The van der Waals surface area contributed by atoms with Crippen LogP contribution in [0, 0.1) is 0 Å². The number of likely N-dealkylation sites (N-methyl/N-ethyl adjacent to an activating group) is 2. The number of aryl methyl sites for hydroxylation is 1. The highest BCUT2D eigenvalue weighted by molar-refractivity contribution is 5.87. The molecule has 0 radical (unpaired) electrons. The number of amides is 4. The van der Waals surface area contributed by atoms with Gasteiger partial charge in [0, 0.05) is 47.2 Å². The Morgan fingerprint density at radius 2 is 1.79 bits per heavy atom. The number of fused-ring (bicyclic) bond motifs is 2. The Balaban J connectivity index is 2.11. The predicted molar refractivity (Wildman–Crippen MR) is 144 cm³/mol. The summed E-state index contributed by atoms with van der Waals surface area (Å²) in [5, 5.41) is 5.64. The Bertz CT molecular complexity index is 954. The van der Waals surface area contributed by atoms with Gasteiger partial charge in [-0.2, -0.15) is 0 Å². The standard InChI is InChI=1S/C27H43N5O6/c1-20-27(36)31(4)14-6-7-15-32(18-26(35)30(2)3)16-8-13-28-24(33)12-10-21-9-11-22(37-5)23(17-21)38-19-25(34)29-20/h9,11,17,20H,6-8,10,12-16,18-19H2,1-5H3,(H,28,33)(H,29,34)/t20-/m0/s1. The van der Waals surface area contributed by atoms with Crippen LogP contribution in [-0.4, -0.2) is 112 Å². The summed E-state index contributed by atoms with van der Waals surface area (Å²) in [6.45, 7) is 4.12. The van der Waals surface area contributed by atoms with Crippen molar-refractivity contribution in [3.8, 4) is 11.5 Å². The maximum atomic E-state index is 12.7. The van der Waals surface area contributed by atoms with Gasteiger partial charge in [0.15, 0.2) is 18.1 Å². The third-order valence-corrected chi connectivity index (χ3v) is 6.40. The smallest absolute Gasteiger partial charge is 0.258 e. The van der Waals surface area contributed by atoms with Gasteiger partial charge in [-0.1, -0.05) is 6.07 Å². The van der Waals surface area contributed by atoms with Gasteiger partial charge < -0.3 is 29.9 Å². The van der Waals surface area contributed by atoms with E-state index in [0.717, 1.165) is 24.8 Å². The minimum atomic E-state index is -0.699. The van der Waals surface area contributed by atoms with Crippen molar-refractivity contribution in [1.29, 1.82) is 0 Å². The molecule has 0 saturated carbocycles. The second-order valence-electron chi connectivity index (χ2n) is 9.80. The fourth-order valence-electron chi connectivity index (χ4n) is 4.08. The monoisotopic (exact) mass is 533 g/mol. The van der Waals surface area contributed by atoms with E-state index in [0.29, 0.717) is 57.1 Å². The van der Waals surface area contributed by atoms with E-state index in [9.17, 15) is 19.2 Å². The zero-order valence-electron chi connectivity index (χ0n) is 23.4. The molecular formula is C27H43N5O6. The molecular weight excluding hydrogens is 490 g/mol. The maximum Gasteiger partial charge on any atom is 0.258 e. The molecule has 1 aromatic rings. The van der Waals surface area contributed by atoms with Crippen molar-refractivity contribution in [2.45, 2.75) is 45.1 Å². The number of carbonyl (C=O) groups is 4. The maximum absolute atomic E-state index is 12.7. The Hall–Kier alpha value is -3.34. The Kier molecular flexibility index (Phi) is 12.8. The minimum Gasteiger partial charge on any atom is -0.493 e. The zero-order valence-corrected chi connectivity index (χ0v) is 23.4. The lowest BCUT2D eigenvalue weighted by atomic mass is 10.1. The van der Waals surface area contributed by atoms with E-state index in [1.165, 1.54) is 7.11 Å². The molecule has 2 rings (SSSR count). The number of benzene rings is 1. The normalized spacial score (nSPS) is 19.8. The minimum absolute atomic E-state index is 0.0233. The molecule has 1 aliphatic heterocycles. The molecule has 1 aliphatic rings. The van der Waals surface area contributed by atoms with E-state index in [-0.39, 0.29) is 24.3 Å². The first-order chi connectivity index (χ1) is 18.1. The Labute approximate surface area is 225 Å². The number of methoxy groups -OCH3 is 1. The predicted octanol–water partition coefficient (Wildman–Crippen LogP) is 0.660. The average Bonchev–Trinajstić information content (AvgIpc) is 2.89. The number of hydrogen-bond donors (Lipinski definition) is 2. The molecule has 1 aromatic carbocycles. The van der Waals surface area contributed by atoms with Crippen molar-refractivity contribution in [3.05, 3.63) is 23.8 Å². The molecule has 2 bridgehead atoms. The van der Waals surface area contributed by atoms with Crippen LogP contribution in [0.5, 0.6) is 11.5 Å². The Morgan fingerprint density at radius 1 is 1.08 bits per heavy atom. The zero-order chi connectivity index (χ0) is 28.1. The second kappa shape index (κ2) is 15.8. The lowest BCUT2D eigenvalue weighted by Gasteiger charge is -2.25. The van der Waals surface area contributed by atoms with Crippen molar-refractivity contribution in [3.63, 3.8) is 0 Å². The molecule has 0 fully saturated rings. The van der Waals surface area contributed by atoms with Gasteiger partial charge in [0.25, 0.3) is 5.91 Å². The van der Waals surface area contributed by atoms with Crippen LogP contribution in [0.3, 0.4) is 0 Å². The van der Waals surface area contributed by atoms with Gasteiger partial charge in [-0.15, -0.1) is 0 Å².